The quantitative estimate of drug-likeness (QED) is 0.844. The molecule has 2 fully saturated rings. The van der Waals surface area contributed by atoms with Crippen LogP contribution in [0.4, 0.5) is 0 Å². The minimum atomic E-state index is 0.663. The summed E-state index contributed by atoms with van der Waals surface area (Å²) in [5.41, 5.74) is 0. The van der Waals surface area contributed by atoms with Crippen LogP contribution < -0.4 is 10.1 Å². The fourth-order valence-corrected chi connectivity index (χ4v) is 2.36. The van der Waals surface area contributed by atoms with Crippen LogP contribution in [0.3, 0.4) is 0 Å². The van der Waals surface area contributed by atoms with Crippen LogP contribution >= 0.6 is 0 Å². The highest BCUT2D eigenvalue weighted by molar-refractivity contribution is 5.11. The second kappa shape index (κ2) is 5.08. The molecule has 0 bridgehead atoms. The third-order valence-corrected chi connectivity index (χ3v) is 3.64. The number of aromatic nitrogens is 2. The molecule has 94 valence electrons. The van der Waals surface area contributed by atoms with E-state index in [4.69, 9.17) is 4.74 Å². The van der Waals surface area contributed by atoms with Gasteiger partial charge in [0.15, 0.2) is 5.75 Å². The van der Waals surface area contributed by atoms with Gasteiger partial charge in [-0.15, -0.1) is 0 Å². The number of hydrogen-bond donors (Lipinski definition) is 1. The van der Waals surface area contributed by atoms with Crippen molar-refractivity contribution in [3.8, 4) is 5.75 Å². The molecule has 1 N–H and O–H groups in total. The summed E-state index contributed by atoms with van der Waals surface area (Å²) in [5, 5.41) is 7.75. The molecule has 1 saturated heterocycles. The van der Waals surface area contributed by atoms with E-state index in [-0.39, 0.29) is 0 Å². The summed E-state index contributed by atoms with van der Waals surface area (Å²) in [7, 11) is 0. The Kier molecular flexibility index (Phi) is 3.31. The lowest BCUT2D eigenvalue weighted by atomic mass is 10.0. The smallest absolute Gasteiger partial charge is 0.157 e. The molecule has 3 rings (SSSR count). The van der Waals surface area contributed by atoms with E-state index in [0.717, 1.165) is 37.9 Å². The highest BCUT2D eigenvalue weighted by Crippen LogP contribution is 2.30. The van der Waals surface area contributed by atoms with Crippen molar-refractivity contribution in [3.63, 3.8) is 0 Å². The van der Waals surface area contributed by atoms with Gasteiger partial charge in [-0.1, -0.05) is 0 Å². The number of nitrogens with zero attached hydrogens (tertiary/aromatic N) is 2. The Morgan fingerprint density at radius 2 is 2.29 bits per heavy atom. The van der Waals surface area contributed by atoms with E-state index in [1.807, 2.05) is 17.1 Å². The Morgan fingerprint density at radius 1 is 1.35 bits per heavy atom. The molecule has 1 aliphatic carbocycles. The largest absolute Gasteiger partial charge is 0.490 e. The molecule has 1 aliphatic heterocycles. The van der Waals surface area contributed by atoms with Crippen molar-refractivity contribution in [2.75, 3.05) is 19.7 Å². The van der Waals surface area contributed by atoms with E-state index in [9.17, 15) is 0 Å². The molecule has 1 saturated carbocycles. The average Bonchev–Trinajstić information content (AvgIpc) is 3.06. The van der Waals surface area contributed by atoms with Gasteiger partial charge in [0, 0.05) is 19.0 Å². The first-order chi connectivity index (χ1) is 8.40. The fourth-order valence-electron chi connectivity index (χ4n) is 2.36. The van der Waals surface area contributed by atoms with Gasteiger partial charge >= 0.3 is 0 Å². The van der Waals surface area contributed by atoms with E-state index < -0.39 is 0 Å². The number of nitrogens with one attached hydrogen (secondary N) is 1. The molecule has 17 heavy (non-hydrogen) atoms. The Bertz CT molecular complexity index is 353. The van der Waals surface area contributed by atoms with Gasteiger partial charge < -0.3 is 10.1 Å². The Morgan fingerprint density at radius 3 is 3.06 bits per heavy atom. The lowest BCUT2D eigenvalue weighted by molar-refractivity contribution is 0.218. The molecule has 0 amide bonds. The maximum Gasteiger partial charge on any atom is 0.157 e. The predicted molar refractivity (Wildman–Crippen MR) is 66.0 cm³/mol. The monoisotopic (exact) mass is 235 g/mol. The normalized spacial score (nSPS) is 24.8. The highest BCUT2D eigenvalue weighted by Gasteiger charge is 2.22. The maximum absolute atomic E-state index is 5.80. The van der Waals surface area contributed by atoms with Gasteiger partial charge in [-0.3, -0.25) is 4.68 Å². The predicted octanol–water partition coefficient (Wildman–Crippen LogP) is 1.67. The summed E-state index contributed by atoms with van der Waals surface area (Å²) < 4.78 is 7.82. The van der Waals surface area contributed by atoms with E-state index in [1.54, 1.807) is 0 Å². The lowest BCUT2D eigenvalue weighted by Gasteiger charge is -2.22. The summed E-state index contributed by atoms with van der Waals surface area (Å²) >= 11 is 0. The van der Waals surface area contributed by atoms with E-state index in [2.05, 4.69) is 10.4 Å². The Labute approximate surface area is 102 Å². The van der Waals surface area contributed by atoms with Crippen molar-refractivity contribution in [1.82, 2.24) is 15.1 Å². The maximum atomic E-state index is 5.80. The molecular formula is C13H21N3O. The molecule has 1 aromatic rings. The SMILES string of the molecule is c1nn(CC2CC2)cc1OCC1CCCNC1. The number of hydrogen-bond acceptors (Lipinski definition) is 3. The molecule has 1 atom stereocenters. The van der Waals surface area contributed by atoms with Crippen molar-refractivity contribution in [2.45, 2.75) is 32.2 Å². The molecule has 4 heteroatoms. The van der Waals surface area contributed by atoms with E-state index in [1.165, 1.54) is 25.7 Å². The molecule has 0 aromatic carbocycles. The van der Waals surface area contributed by atoms with Crippen LogP contribution in [0, 0.1) is 11.8 Å². The van der Waals surface area contributed by atoms with Gasteiger partial charge in [-0.05, 0) is 38.1 Å². The van der Waals surface area contributed by atoms with Crippen LogP contribution in [0.15, 0.2) is 12.4 Å². The molecule has 2 aliphatic rings. The van der Waals surface area contributed by atoms with Gasteiger partial charge in [0.1, 0.15) is 0 Å². The second-order valence-corrected chi connectivity index (χ2v) is 5.36. The lowest BCUT2D eigenvalue weighted by Crippen LogP contribution is -2.32. The molecule has 1 unspecified atom stereocenters. The van der Waals surface area contributed by atoms with Gasteiger partial charge in [0.25, 0.3) is 0 Å². The van der Waals surface area contributed by atoms with Gasteiger partial charge in [-0.2, -0.15) is 5.10 Å². The number of ether oxygens (including phenoxy) is 1. The first kappa shape index (κ1) is 11.1. The number of piperidine rings is 1. The van der Waals surface area contributed by atoms with Gasteiger partial charge in [0.05, 0.1) is 19.0 Å². The minimum absolute atomic E-state index is 0.663. The summed E-state index contributed by atoms with van der Waals surface area (Å²) in [6, 6.07) is 0. The van der Waals surface area contributed by atoms with Gasteiger partial charge in [-0.25, -0.2) is 0 Å². The molecular weight excluding hydrogens is 214 g/mol. The molecule has 2 heterocycles. The molecule has 0 spiro atoms. The number of rotatable bonds is 5. The zero-order valence-corrected chi connectivity index (χ0v) is 10.3. The van der Waals surface area contributed by atoms with Gasteiger partial charge in [0.2, 0.25) is 0 Å². The summed E-state index contributed by atoms with van der Waals surface area (Å²) in [6.07, 6.45) is 9.17. The first-order valence-electron chi connectivity index (χ1n) is 6.76. The minimum Gasteiger partial charge on any atom is -0.490 e. The Hall–Kier alpha value is -1.03. The molecule has 0 radical (unpaired) electrons. The van der Waals surface area contributed by atoms with Crippen molar-refractivity contribution < 1.29 is 4.74 Å². The second-order valence-electron chi connectivity index (χ2n) is 5.36. The van der Waals surface area contributed by atoms with Crippen LogP contribution in [-0.2, 0) is 6.54 Å². The Balaban J connectivity index is 1.45. The van der Waals surface area contributed by atoms with Crippen molar-refractivity contribution >= 4 is 0 Å². The van der Waals surface area contributed by atoms with Crippen LogP contribution in [-0.4, -0.2) is 29.5 Å². The zero-order chi connectivity index (χ0) is 11.5. The van der Waals surface area contributed by atoms with E-state index in [0.29, 0.717) is 5.92 Å². The van der Waals surface area contributed by atoms with Crippen LogP contribution in [0.5, 0.6) is 5.75 Å². The topological polar surface area (TPSA) is 39.1 Å². The highest BCUT2D eigenvalue weighted by atomic mass is 16.5. The molecule has 4 nitrogen and oxygen atoms in total. The zero-order valence-electron chi connectivity index (χ0n) is 10.3. The fraction of sp³-hybridized carbons (Fsp3) is 0.769. The summed E-state index contributed by atoms with van der Waals surface area (Å²) in [5.74, 6) is 2.46. The van der Waals surface area contributed by atoms with Crippen LogP contribution in [0.25, 0.3) is 0 Å². The third kappa shape index (κ3) is 3.22. The molecule has 1 aromatic heterocycles. The van der Waals surface area contributed by atoms with Crippen molar-refractivity contribution in [2.24, 2.45) is 11.8 Å². The summed E-state index contributed by atoms with van der Waals surface area (Å²) in [6.45, 7) is 4.14. The third-order valence-electron chi connectivity index (χ3n) is 3.64. The van der Waals surface area contributed by atoms with Crippen LogP contribution in [0.1, 0.15) is 25.7 Å². The van der Waals surface area contributed by atoms with Crippen molar-refractivity contribution in [3.05, 3.63) is 12.4 Å². The van der Waals surface area contributed by atoms with E-state index >= 15 is 0 Å². The first-order valence-corrected chi connectivity index (χ1v) is 6.76. The average molecular weight is 235 g/mol. The summed E-state index contributed by atoms with van der Waals surface area (Å²) in [4.78, 5) is 0. The van der Waals surface area contributed by atoms with Crippen LogP contribution in [0.2, 0.25) is 0 Å². The van der Waals surface area contributed by atoms with Crippen molar-refractivity contribution in [1.29, 1.82) is 0 Å². The standard InChI is InChI=1S/C13H21N3O/c1-2-12(6-14-5-1)10-17-13-7-15-16(9-13)8-11-3-4-11/h7,9,11-12,14H,1-6,8,10H2.